The summed E-state index contributed by atoms with van der Waals surface area (Å²) in [5.74, 6) is -1.41. The summed E-state index contributed by atoms with van der Waals surface area (Å²) in [5.41, 5.74) is 7.00. The van der Waals surface area contributed by atoms with E-state index in [4.69, 9.17) is 9.94 Å². The summed E-state index contributed by atoms with van der Waals surface area (Å²) in [7, 11) is 0. The van der Waals surface area contributed by atoms with E-state index in [2.05, 4.69) is 41.9 Å². The maximum atomic E-state index is 12.7. The number of carbonyl (C=O) groups is 2. The van der Waals surface area contributed by atoms with Crippen molar-refractivity contribution in [3.05, 3.63) is 70.9 Å². The Labute approximate surface area is 181 Å². The van der Waals surface area contributed by atoms with Crippen LogP contribution in [0.4, 0.5) is 0 Å². The molecule has 31 heavy (non-hydrogen) atoms. The molecule has 4 rings (SSSR count). The molecule has 0 saturated carbocycles. The number of ether oxygens (including phenoxy) is 1. The van der Waals surface area contributed by atoms with Gasteiger partial charge in [0.25, 0.3) is 11.8 Å². The molecule has 2 aromatic carbocycles. The fourth-order valence-electron chi connectivity index (χ4n) is 4.26. The van der Waals surface area contributed by atoms with Gasteiger partial charge in [-0.2, -0.15) is 0 Å². The second-order valence-corrected chi connectivity index (χ2v) is 8.04. The van der Waals surface area contributed by atoms with Gasteiger partial charge in [0, 0.05) is 41.4 Å². The molecule has 1 aliphatic heterocycles. The predicted molar refractivity (Wildman–Crippen MR) is 117 cm³/mol. The summed E-state index contributed by atoms with van der Waals surface area (Å²) < 4.78 is 7.60. The zero-order valence-electron chi connectivity index (χ0n) is 17.7. The average Bonchev–Trinajstić information content (AvgIpc) is 3.04. The maximum Gasteiger partial charge on any atom is 0.251 e. The Balaban J connectivity index is 1.48. The van der Waals surface area contributed by atoms with Crippen LogP contribution >= 0.6 is 0 Å². The highest BCUT2D eigenvalue weighted by atomic mass is 16.5. The molecule has 0 unspecified atom stereocenters. The van der Waals surface area contributed by atoms with Crippen LogP contribution in [-0.4, -0.2) is 40.8 Å². The third kappa shape index (κ3) is 4.19. The standard InChI is InChI=1S/C24H27N3O4/c1-15-16(2)27(22-6-4-3-5-19(15)22)13-17-7-9-18(10-8-17)23(28)25-21-11-12-31-14-20(21)24(29)26-30/h3-10,20-21,30H,11-14H2,1-2H3,(H,25,28)(H,26,29)/t20-,21+/m0/s1. The molecule has 0 aliphatic carbocycles. The number of carbonyl (C=O) groups excluding carboxylic acids is 2. The fraction of sp³-hybridized carbons (Fsp3) is 0.333. The summed E-state index contributed by atoms with van der Waals surface area (Å²) in [5, 5.41) is 13.1. The van der Waals surface area contributed by atoms with Gasteiger partial charge >= 0.3 is 0 Å². The van der Waals surface area contributed by atoms with Crippen LogP contribution in [0.3, 0.4) is 0 Å². The number of hydrogen-bond acceptors (Lipinski definition) is 4. The Kier molecular flexibility index (Phi) is 6.06. The van der Waals surface area contributed by atoms with Crippen LogP contribution in [0, 0.1) is 19.8 Å². The number of fused-ring (bicyclic) bond motifs is 1. The van der Waals surface area contributed by atoms with Crippen LogP contribution in [0.2, 0.25) is 0 Å². The number of benzene rings is 2. The molecule has 1 aliphatic rings. The SMILES string of the molecule is Cc1c(C)n(Cc2ccc(C(=O)N[C@@H]3CCOC[C@@H]3C(=O)NO)cc2)c2ccccc12. The first-order valence-corrected chi connectivity index (χ1v) is 10.5. The van der Waals surface area contributed by atoms with Crippen LogP contribution in [0.15, 0.2) is 48.5 Å². The van der Waals surface area contributed by atoms with Gasteiger partial charge in [-0.05, 0) is 49.6 Å². The first-order chi connectivity index (χ1) is 15.0. The molecule has 2 amide bonds. The maximum absolute atomic E-state index is 12.7. The van der Waals surface area contributed by atoms with Crippen LogP contribution in [0.25, 0.3) is 10.9 Å². The van der Waals surface area contributed by atoms with Crippen molar-refractivity contribution >= 4 is 22.7 Å². The molecule has 3 aromatic rings. The molecular formula is C24H27N3O4. The lowest BCUT2D eigenvalue weighted by atomic mass is 9.94. The lowest BCUT2D eigenvalue weighted by molar-refractivity contribution is -0.138. The Morgan fingerprint density at radius 1 is 1.13 bits per heavy atom. The number of aromatic nitrogens is 1. The number of rotatable bonds is 5. The van der Waals surface area contributed by atoms with Gasteiger partial charge in [0.15, 0.2) is 0 Å². The van der Waals surface area contributed by atoms with E-state index in [0.717, 1.165) is 12.1 Å². The zero-order valence-corrected chi connectivity index (χ0v) is 17.7. The molecule has 7 heteroatoms. The number of nitrogens with one attached hydrogen (secondary N) is 2. The largest absolute Gasteiger partial charge is 0.380 e. The van der Waals surface area contributed by atoms with Crippen LogP contribution in [0.5, 0.6) is 0 Å². The van der Waals surface area contributed by atoms with Crippen LogP contribution in [-0.2, 0) is 16.1 Å². The lowest BCUT2D eigenvalue weighted by Crippen LogP contribution is -2.51. The molecule has 1 saturated heterocycles. The van der Waals surface area contributed by atoms with E-state index in [1.165, 1.54) is 22.2 Å². The molecule has 162 valence electrons. The monoisotopic (exact) mass is 421 g/mol. The van der Waals surface area contributed by atoms with Crippen molar-refractivity contribution in [2.45, 2.75) is 32.9 Å². The average molecular weight is 421 g/mol. The molecule has 1 fully saturated rings. The first-order valence-electron chi connectivity index (χ1n) is 10.5. The first kappa shape index (κ1) is 21.1. The van der Waals surface area contributed by atoms with E-state index >= 15 is 0 Å². The Hall–Kier alpha value is -3.16. The van der Waals surface area contributed by atoms with Gasteiger partial charge in [-0.25, -0.2) is 5.48 Å². The molecule has 0 bridgehead atoms. The molecule has 3 N–H and O–H groups in total. The van der Waals surface area contributed by atoms with Crippen molar-refractivity contribution in [2.24, 2.45) is 5.92 Å². The van der Waals surface area contributed by atoms with Crippen molar-refractivity contribution in [1.82, 2.24) is 15.4 Å². The van der Waals surface area contributed by atoms with Crippen LogP contribution < -0.4 is 10.8 Å². The highest BCUT2D eigenvalue weighted by Crippen LogP contribution is 2.26. The summed E-state index contributed by atoms with van der Waals surface area (Å²) in [6, 6.07) is 15.5. The number of hydrogen-bond donors (Lipinski definition) is 3. The zero-order chi connectivity index (χ0) is 22.0. The van der Waals surface area contributed by atoms with Crippen LogP contribution in [0.1, 0.15) is 33.6 Å². The van der Waals surface area contributed by atoms with Gasteiger partial charge in [0.1, 0.15) is 0 Å². The van der Waals surface area contributed by atoms with E-state index in [0.29, 0.717) is 18.6 Å². The minimum atomic E-state index is -0.616. The highest BCUT2D eigenvalue weighted by molar-refractivity contribution is 5.95. The van der Waals surface area contributed by atoms with Gasteiger partial charge in [-0.15, -0.1) is 0 Å². The van der Waals surface area contributed by atoms with E-state index in [1.54, 1.807) is 17.6 Å². The molecule has 2 atom stereocenters. The highest BCUT2D eigenvalue weighted by Gasteiger charge is 2.32. The summed E-state index contributed by atoms with van der Waals surface area (Å²) in [6.07, 6.45) is 0.515. The number of hydroxylamine groups is 1. The van der Waals surface area contributed by atoms with Crippen molar-refractivity contribution in [2.75, 3.05) is 13.2 Å². The molecule has 1 aromatic heterocycles. The van der Waals surface area contributed by atoms with Gasteiger partial charge in [-0.1, -0.05) is 30.3 Å². The van der Waals surface area contributed by atoms with Gasteiger partial charge in [-0.3, -0.25) is 14.8 Å². The molecule has 7 nitrogen and oxygen atoms in total. The van der Waals surface area contributed by atoms with E-state index in [1.807, 2.05) is 18.2 Å². The molecule has 2 heterocycles. The second kappa shape index (κ2) is 8.91. The smallest absolute Gasteiger partial charge is 0.251 e. The van der Waals surface area contributed by atoms with Crippen molar-refractivity contribution in [3.63, 3.8) is 0 Å². The summed E-state index contributed by atoms with van der Waals surface area (Å²) >= 11 is 0. The fourth-order valence-corrected chi connectivity index (χ4v) is 4.26. The molecule has 0 radical (unpaired) electrons. The third-order valence-corrected chi connectivity index (χ3v) is 6.22. The van der Waals surface area contributed by atoms with Crippen molar-refractivity contribution in [1.29, 1.82) is 0 Å². The third-order valence-electron chi connectivity index (χ3n) is 6.22. The number of aryl methyl sites for hydroxylation is 1. The topological polar surface area (TPSA) is 92.6 Å². The quantitative estimate of drug-likeness (QED) is 0.436. The second-order valence-electron chi connectivity index (χ2n) is 8.04. The van der Waals surface area contributed by atoms with E-state index in [-0.39, 0.29) is 18.6 Å². The Morgan fingerprint density at radius 2 is 1.87 bits per heavy atom. The summed E-state index contributed by atoms with van der Waals surface area (Å²) in [6.45, 7) is 5.62. The van der Waals surface area contributed by atoms with Crippen molar-refractivity contribution < 1.29 is 19.5 Å². The molecule has 0 spiro atoms. The number of para-hydroxylation sites is 1. The normalized spacial score (nSPS) is 18.7. The van der Waals surface area contributed by atoms with Gasteiger partial charge in [0.05, 0.1) is 12.5 Å². The van der Waals surface area contributed by atoms with Gasteiger partial charge < -0.3 is 14.6 Å². The van der Waals surface area contributed by atoms with E-state index in [9.17, 15) is 9.59 Å². The number of amides is 2. The summed E-state index contributed by atoms with van der Waals surface area (Å²) in [4.78, 5) is 24.6. The van der Waals surface area contributed by atoms with Gasteiger partial charge in [0.2, 0.25) is 0 Å². The minimum absolute atomic E-state index is 0.167. The lowest BCUT2D eigenvalue weighted by Gasteiger charge is -2.30. The minimum Gasteiger partial charge on any atom is -0.380 e. The Morgan fingerprint density at radius 3 is 2.61 bits per heavy atom. The number of nitrogens with zero attached hydrogens (tertiary/aromatic N) is 1. The predicted octanol–water partition coefficient (Wildman–Crippen LogP) is 2.95. The van der Waals surface area contributed by atoms with E-state index < -0.39 is 11.8 Å². The van der Waals surface area contributed by atoms with Crippen molar-refractivity contribution in [3.8, 4) is 0 Å². The molecular weight excluding hydrogens is 394 g/mol. The Bertz CT molecular complexity index is 1100.